The van der Waals surface area contributed by atoms with Gasteiger partial charge in [0.15, 0.2) is 0 Å². The Morgan fingerprint density at radius 3 is 2.57 bits per heavy atom. The van der Waals surface area contributed by atoms with Crippen LogP contribution in [0.3, 0.4) is 0 Å². The van der Waals surface area contributed by atoms with E-state index in [1.807, 2.05) is 0 Å². The molecule has 7 heteroatoms. The first kappa shape index (κ1) is 15.2. The third kappa shape index (κ3) is 2.82. The van der Waals surface area contributed by atoms with Crippen LogP contribution in [0, 0.1) is 6.92 Å². The molecule has 1 amide bonds. The number of primary amides is 1. The van der Waals surface area contributed by atoms with Gasteiger partial charge in [-0.15, -0.1) is 0 Å². The maximum absolute atomic E-state index is 12.7. The molecule has 21 heavy (non-hydrogen) atoms. The number of hydrogen-bond acceptors (Lipinski definition) is 3. The molecule has 2 N–H and O–H groups in total. The van der Waals surface area contributed by atoms with Crippen LogP contribution < -0.4 is 5.73 Å². The van der Waals surface area contributed by atoms with Crippen LogP contribution in [0.2, 0.25) is 0 Å². The van der Waals surface area contributed by atoms with Crippen LogP contribution in [0.1, 0.15) is 27.2 Å². The minimum absolute atomic E-state index is 0.00863. The molecule has 0 fully saturated rings. The summed E-state index contributed by atoms with van der Waals surface area (Å²) in [5, 5.41) is 0.455. The summed E-state index contributed by atoms with van der Waals surface area (Å²) in [6, 6.07) is 3.20. The van der Waals surface area contributed by atoms with Crippen LogP contribution in [0.25, 0.3) is 10.9 Å². The zero-order valence-electron chi connectivity index (χ0n) is 11.4. The van der Waals surface area contributed by atoms with Crippen molar-refractivity contribution in [3.63, 3.8) is 0 Å². The quantitative estimate of drug-likeness (QED) is 0.947. The number of nitrogens with zero attached hydrogens (tertiary/aromatic N) is 1. The lowest BCUT2D eigenvalue weighted by atomic mass is 10.00. The van der Waals surface area contributed by atoms with E-state index in [2.05, 4.69) is 4.98 Å². The van der Waals surface area contributed by atoms with Gasteiger partial charge in [-0.2, -0.15) is 13.2 Å². The molecule has 4 nitrogen and oxygen atoms in total. The van der Waals surface area contributed by atoms with Crippen molar-refractivity contribution < 1.29 is 22.7 Å². The van der Waals surface area contributed by atoms with E-state index in [1.165, 1.54) is 13.2 Å². The van der Waals surface area contributed by atoms with Gasteiger partial charge in [-0.1, -0.05) is 6.07 Å². The number of nitrogens with two attached hydrogens (primary N) is 1. The van der Waals surface area contributed by atoms with Gasteiger partial charge in [-0.25, -0.2) is 4.98 Å². The van der Waals surface area contributed by atoms with Crippen molar-refractivity contribution in [1.82, 2.24) is 4.98 Å². The number of carbonyl (C=O) groups is 1. The van der Waals surface area contributed by atoms with Crippen LogP contribution in [0.5, 0.6) is 0 Å². The van der Waals surface area contributed by atoms with Gasteiger partial charge >= 0.3 is 6.18 Å². The van der Waals surface area contributed by atoms with Crippen molar-refractivity contribution in [1.29, 1.82) is 0 Å². The molecule has 0 atom stereocenters. The molecule has 2 rings (SSSR count). The summed E-state index contributed by atoms with van der Waals surface area (Å²) in [6.07, 6.45) is -4.45. The van der Waals surface area contributed by atoms with E-state index in [-0.39, 0.29) is 23.4 Å². The SMILES string of the molecule is COCc1nc2cc(C(F)(F)F)ccc2c(C)c1C(N)=O. The number of carbonyl (C=O) groups excluding carboxylic acids is 1. The number of alkyl halides is 3. The van der Waals surface area contributed by atoms with Crippen LogP contribution in [0.15, 0.2) is 18.2 Å². The first-order chi connectivity index (χ1) is 9.75. The molecule has 0 unspecified atom stereocenters. The van der Waals surface area contributed by atoms with E-state index < -0.39 is 17.6 Å². The average molecular weight is 298 g/mol. The van der Waals surface area contributed by atoms with Gasteiger partial charge in [0.1, 0.15) is 0 Å². The molecule has 112 valence electrons. The first-order valence-electron chi connectivity index (χ1n) is 6.05. The Labute approximate surface area is 118 Å². The minimum Gasteiger partial charge on any atom is -0.378 e. The van der Waals surface area contributed by atoms with E-state index in [4.69, 9.17) is 10.5 Å². The fourth-order valence-corrected chi connectivity index (χ4v) is 2.24. The monoisotopic (exact) mass is 298 g/mol. The van der Waals surface area contributed by atoms with E-state index in [9.17, 15) is 18.0 Å². The van der Waals surface area contributed by atoms with E-state index in [0.717, 1.165) is 12.1 Å². The second kappa shape index (κ2) is 5.33. The highest BCUT2D eigenvalue weighted by Crippen LogP contribution is 2.32. The van der Waals surface area contributed by atoms with Gasteiger partial charge < -0.3 is 10.5 Å². The fraction of sp³-hybridized carbons (Fsp3) is 0.286. The zero-order chi connectivity index (χ0) is 15.8. The summed E-state index contributed by atoms with van der Waals surface area (Å²) in [7, 11) is 1.40. The highest BCUT2D eigenvalue weighted by molar-refractivity contribution is 6.00. The van der Waals surface area contributed by atoms with Gasteiger partial charge in [0.2, 0.25) is 0 Å². The molecule has 0 aliphatic carbocycles. The number of pyridine rings is 1. The molecule has 0 saturated carbocycles. The third-order valence-corrected chi connectivity index (χ3v) is 3.18. The highest BCUT2D eigenvalue weighted by Gasteiger charge is 2.31. The fourth-order valence-electron chi connectivity index (χ4n) is 2.24. The van der Waals surface area contributed by atoms with Crippen LogP contribution >= 0.6 is 0 Å². The lowest BCUT2D eigenvalue weighted by Gasteiger charge is -2.13. The lowest BCUT2D eigenvalue weighted by molar-refractivity contribution is -0.137. The van der Waals surface area contributed by atoms with Gasteiger partial charge in [0, 0.05) is 12.5 Å². The van der Waals surface area contributed by atoms with Crippen molar-refractivity contribution in [2.45, 2.75) is 19.7 Å². The summed E-state index contributed by atoms with van der Waals surface area (Å²) in [6.45, 7) is 1.61. The molecule has 2 aromatic rings. The summed E-state index contributed by atoms with van der Waals surface area (Å²) in [5.74, 6) is -0.686. The Morgan fingerprint density at radius 1 is 1.38 bits per heavy atom. The van der Waals surface area contributed by atoms with Crippen molar-refractivity contribution >= 4 is 16.8 Å². The number of benzene rings is 1. The summed E-state index contributed by atoms with van der Waals surface area (Å²) < 4.78 is 43.2. The topological polar surface area (TPSA) is 65.2 Å². The van der Waals surface area contributed by atoms with Crippen LogP contribution in [-0.4, -0.2) is 18.0 Å². The van der Waals surface area contributed by atoms with Crippen LogP contribution in [0.4, 0.5) is 13.2 Å². The number of rotatable bonds is 3. The predicted molar refractivity (Wildman–Crippen MR) is 70.7 cm³/mol. The molecule has 1 heterocycles. The Balaban J connectivity index is 2.76. The third-order valence-electron chi connectivity index (χ3n) is 3.18. The van der Waals surface area contributed by atoms with Gasteiger partial charge in [0.25, 0.3) is 5.91 Å². The molecule has 0 saturated heterocycles. The first-order valence-corrected chi connectivity index (χ1v) is 6.05. The molecule has 0 radical (unpaired) electrons. The van der Waals surface area contributed by atoms with Crippen molar-refractivity contribution in [3.8, 4) is 0 Å². The van der Waals surface area contributed by atoms with Gasteiger partial charge in [0.05, 0.1) is 28.9 Å². The van der Waals surface area contributed by atoms with Crippen LogP contribution in [-0.2, 0) is 17.5 Å². The van der Waals surface area contributed by atoms with Crippen molar-refractivity contribution in [2.75, 3.05) is 7.11 Å². The van der Waals surface area contributed by atoms with E-state index in [1.54, 1.807) is 6.92 Å². The van der Waals surface area contributed by atoms with E-state index in [0.29, 0.717) is 10.9 Å². The molecular weight excluding hydrogens is 285 g/mol. The van der Waals surface area contributed by atoms with Gasteiger partial charge in [-0.3, -0.25) is 4.79 Å². The van der Waals surface area contributed by atoms with Gasteiger partial charge in [-0.05, 0) is 24.6 Å². The summed E-state index contributed by atoms with van der Waals surface area (Å²) >= 11 is 0. The molecule has 0 spiro atoms. The number of methoxy groups -OCH3 is 1. The molecule has 0 aliphatic rings. The Hall–Kier alpha value is -2.15. The number of ether oxygens (including phenoxy) is 1. The predicted octanol–water partition coefficient (Wildman–Crippen LogP) is 2.81. The Bertz CT molecular complexity index is 711. The molecule has 0 bridgehead atoms. The number of hydrogen-bond donors (Lipinski definition) is 1. The summed E-state index contributed by atoms with van der Waals surface area (Å²) in [4.78, 5) is 15.6. The number of aromatic nitrogens is 1. The maximum atomic E-state index is 12.7. The second-order valence-corrected chi connectivity index (χ2v) is 4.59. The van der Waals surface area contributed by atoms with Crippen molar-refractivity contribution in [2.24, 2.45) is 5.73 Å². The molecule has 0 aliphatic heterocycles. The smallest absolute Gasteiger partial charge is 0.378 e. The second-order valence-electron chi connectivity index (χ2n) is 4.59. The number of aryl methyl sites for hydroxylation is 1. The highest BCUT2D eigenvalue weighted by atomic mass is 19.4. The molecular formula is C14H13F3N2O2. The largest absolute Gasteiger partial charge is 0.416 e. The van der Waals surface area contributed by atoms with Crippen molar-refractivity contribution in [3.05, 3.63) is 40.6 Å². The molecule has 1 aromatic carbocycles. The molecule has 1 aromatic heterocycles. The normalized spacial score (nSPS) is 11.9. The lowest BCUT2D eigenvalue weighted by Crippen LogP contribution is -2.18. The number of amides is 1. The zero-order valence-corrected chi connectivity index (χ0v) is 11.4. The van der Waals surface area contributed by atoms with E-state index >= 15 is 0 Å². The standard InChI is InChI=1S/C14H13F3N2O2/c1-7-9-4-3-8(14(15,16)17)5-10(9)19-11(6-21-2)12(7)13(18)20/h3-5H,6H2,1-2H3,(H2,18,20). The average Bonchev–Trinajstić information content (AvgIpc) is 2.37. The maximum Gasteiger partial charge on any atom is 0.416 e. The summed E-state index contributed by atoms with van der Waals surface area (Å²) in [5.41, 5.74) is 5.59. The number of halogens is 3. The Kier molecular flexibility index (Phi) is 3.87. The number of fused-ring (bicyclic) bond motifs is 1. The Morgan fingerprint density at radius 2 is 2.05 bits per heavy atom. The minimum atomic E-state index is -4.45.